The van der Waals surface area contributed by atoms with E-state index >= 15 is 0 Å². The normalized spacial score (nSPS) is 13.2. The number of hydrogen-bond donors (Lipinski definition) is 1. The van der Waals surface area contributed by atoms with Gasteiger partial charge in [0, 0.05) is 31.5 Å². The Kier molecular flexibility index (Phi) is 3.47. The molecule has 8 heteroatoms. The van der Waals surface area contributed by atoms with E-state index in [0.717, 1.165) is 46.5 Å². The van der Waals surface area contributed by atoms with E-state index in [1.165, 1.54) is 6.20 Å². The lowest BCUT2D eigenvalue weighted by Gasteiger charge is -2.10. The SMILES string of the molecule is Cc1cccc2c1ncn2-c1nc(-c2cnc3c(c2)CCN3)c2c(F)cn(C)c2n1. The van der Waals surface area contributed by atoms with E-state index in [2.05, 4.69) is 20.3 Å². The lowest BCUT2D eigenvalue weighted by Crippen LogP contribution is -2.04. The van der Waals surface area contributed by atoms with Crippen LogP contribution in [0.5, 0.6) is 0 Å². The van der Waals surface area contributed by atoms with E-state index in [0.29, 0.717) is 22.7 Å². The maximum absolute atomic E-state index is 14.9. The van der Waals surface area contributed by atoms with Gasteiger partial charge in [0.1, 0.15) is 17.8 Å². The summed E-state index contributed by atoms with van der Waals surface area (Å²) in [5.74, 6) is 0.985. The summed E-state index contributed by atoms with van der Waals surface area (Å²) in [5.41, 5.74) is 5.83. The fourth-order valence-corrected chi connectivity index (χ4v) is 4.17. The monoisotopic (exact) mass is 399 g/mol. The van der Waals surface area contributed by atoms with Crippen LogP contribution in [0.2, 0.25) is 0 Å². The fraction of sp³-hybridized carbons (Fsp3) is 0.182. The molecule has 4 aromatic heterocycles. The fourth-order valence-electron chi connectivity index (χ4n) is 4.17. The molecule has 1 aliphatic heterocycles. The molecule has 0 saturated heterocycles. The van der Waals surface area contributed by atoms with Gasteiger partial charge in [-0.2, -0.15) is 4.98 Å². The van der Waals surface area contributed by atoms with Crippen molar-refractivity contribution < 1.29 is 4.39 Å². The smallest absolute Gasteiger partial charge is 0.238 e. The number of nitrogens with one attached hydrogen (secondary N) is 1. The average molecular weight is 399 g/mol. The highest BCUT2D eigenvalue weighted by molar-refractivity contribution is 5.92. The molecule has 0 bridgehead atoms. The van der Waals surface area contributed by atoms with Gasteiger partial charge in [0.25, 0.3) is 0 Å². The number of aryl methyl sites for hydroxylation is 2. The Balaban J connectivity index is 1.65. The summed E-state index contributed by atoms with van der Waals surface area (Å²) >= 11 is 0. The van der Waals surface area contributed by atoms with Crippen LogP contribution in [0.15, 0.2) is 43.0 Å². The summed E-state index contributed by atoms with van der Waals surface area (Å²) in [6.45, 7) is 2.88. The van der Waals surface area contributed by atoms with Crippen molar-refractivity contribution in [2.45, 2.75) is 13.3 Å². The van der Waals surface area contributed by atoms with Gasteiger partial charge in [0.2, 0.25) is 5.95 Å². The molecule has 5 heterocycles. The summed E-state index contributed by atoms with van der Waals surface area (Å²) in [6.07, 6.45) is 5.78. The molecule has 5 aromatic rings. The van der Waals surface area contributed by atoms with Crippen LogP contribution in [0.3, 0.4) is 0 Å². The van der Waals surface area contributed by atoms with Crippen molar-refractivity contribution in [2.75, 3.05) is 11.9 Å². The number of aromatic nitrogens is 6. The van der Waals surface area contributed by atoms with Gasteiger partial charge in [0.15, 0.2) is 5.82 Å². The van der Waals surface area contributed by atoms with E-state index in [-0.39, 0.29) is 5.82 Å². The Morgan fingerprint density at radius 3 is 2.97 bits per heavy atom. The molecule has 0 amide bonds. The summed E-state index contributed by atoms with van der Waals surface area (Å²) in [4.78, 5) is 18.5. The second kappa shape index (κ2) is 6.09. The van der Waals surface area contributed by atoms with Gasteiger partial charge in [-0.3, -0.25) is 4.57 Å². The molecule has 1 N–H and O–H groups in total. The molecule has 6 rings (SSSR count). The van der Waals surface area contributed by atoms with Crippen LogP contribution in [-0.4, -0.2) is 35.6 Å². The molecule has 0 unspecified atom stereocenters. The van der Waals surface area contributed by atoms with Crippen LogP contribution in [0.25, 0.3) is 39.3 Å². The molecule has 0 radical (unpaired) electrons. The standard InChI is InChI=1S/C22H18FN7/c1-12-4-3-5-16-18(12)26-11-30(16)22-27-19(17-15(23)10-29(2)21(17)28-22)14-8-13-6-7-24-20(13)25-9-14/h3-5,8-11H,6-7H2,1-2H3,(H,24,25). The molecule has 0 spiro atoms. The van der Waals surface area contributed by atoms with Gasteiger partial charge < -0.3 is 9.88 Å². The van der Waals surface area contributed by atoms with Crippen molar-refractivity contribution >= 4 is 27.9 Å². The molecule has 0 atom stereocenters. The van der Waals surface area contributed by atoms with Gasteiger partial charge in [0.05, 0.1) is 22.1 Å². The van der Waals surface area contributed by atoms with Crippen LogP contribution in [0.1, 0.15) is 11.1 Å². The topological polar surface area (TPSA) is 73.5 Å². The Morgan fingerprint density at radius 1 is 1.17 bits per heavy atom. The zero-order chi connectivity index (χ0) is 20.4. The molecule has 1 aromatic carbocycles. The third kappa shape index (κ3) is 2.36. The number of fused-ring (bicyclic) bond motifs is 3. The summed E-state index contributed by atoms with van der Waals surface area (Å²) in [5, 5.41) is 3.65. The van der Waals surface area contributed by atoms with Crippen molar-refractivity contribution in [1.82, 2.24) is 29.1 Å². The van der Waals surface area contributed by atoms with Crippen molar-refractivity contribution in [3.63, 3.8) is 0 Å². The van der Waals surface area contributed by atoms with E-state index in [1.54, 1.807) is 24.1 Å². The van der Waals surface area contributed by atoms with E-state index < -0.39 is 0 Å². The molecular weight excluding hydrogens is 381 g/mol. The Labute approximate surface area is 171 Å². The quantitative estimate of drug-likeness (QED) is 0.489. The largest absolute Gasteiger partial charge is 0.370 e. The van der Waals surface area contributed by atoms with Crippen LogP contribution in [0, 0.1) is 12.7 Å². The number of nitrogens with zero attached hydrogens (tertiary/aromatic N) is 6. The molecule has 30 heavy (non-hydrogen) atoms. The number of para-hydroxylation sites is 1. The molecule has 0 aliphatic carbocycles. The first-order valence-corrected chi connectivity index (χ1v) is 9.79. The molecule has 0 fully saturated rings. The molecule has 7 nitrogen and oxygen atoms in total. The average Bonchev–Trinajstić information content (AvgIpc) is 3.45. The van der Waals surface area contributed by atoms with Crippen molar-refractivity contribution in [2.24, 2.45) is 7.05 Å². The highest BCUT2D eigenvalue weighted by Gasteiger charge is 2.21. The highest BCUT2D eigenvalue weighted by Crippen LogP contribution is 2.33. The number of anilines is 1. The third-order valence-electron chi connectivity index (χ3n) is 5.68. The number of hydrogen-bond acceptors (Lipinski definition) is 5. The van der Waals surface area contributed by atoms with Gasteiger partial charge in [-0.25, -0.2) is 19.3 Å². The van der Waals surface area contributed by atoms with Gasteiger partial charge in [-0.1, -0.05) is 12.1 Å². The predicted molar refractivity (Wildman–Crippen MR) is 113 cm³/mol. The number of benzene rings is 1. The first-order valence-electron chi connectivity index (χ1n) is 9.79. The third-order valence-corrected chi connectivity index (χ3v) is 5.68. The van der Waals surface area contributed by atoms with Gasteiger partial charge >= 0.3 is 0 Å². The number of pyridine rings is 1. The van der Waals surface area contributed by atoms with Crippen LogP contribution in [0.4, 0.5) is 10.2 Å². The second-order valence-electron chi connectivity index (χ2n) is 7.62. The Bertz CT molecular complexity index is 1460. The van der Waals surface area contributed by atoms with Crippen LogP contribution in [-0.2, 0) is 13.5 Å². The minimum absolute atomic E-state index is 0.348. The van der Waals surface area contributed by atoms with E-state index in [4.69, 9.17) is 4.98 Å². The molecule has 148 valence electrons. The highest BCUT2D eigenvalue weighted by atomic mass is 19.1. The zero-order valence-corrected chi connectivity index (χ0v) is 16.5. The lowest BCUT2D eigenvalue weighted by molar-refractivity contribution is 0.633. The Morgan fingerprint density at radius 2 is 2.07 bits per heavy atom. The number of imidazole rings is 1. The Hall–Kier alpha value is -3.81. The first kappa shape index (κ1) is 17.1. The number of halogens is 1. The van der Waals surface area contributed by atoms with Gasteiger partial charge in [-0.05, 0) is 36.6 Å². The summed E-state index contributed by atoms with van der Waals surface area (Å²) in [6, 6.07) is 8.02. The lowest BCUT2D eigenvalue weighted by atomic mass is 10.1. The summed E-state index contributed by atoms with van der Waals surface area (Å²) < 4.78 is 18.4. The second-order valence-corrected chi connectivity index (χ2v) is 7.62. The molecule has 1 aliphatic rings. The molecular formula is C22H18FN7. The van der Waals surface area contributed by atoms with Gasteiger partial charge in [-0.15, -0.1) is 0 Å². The maximum Gasteiger partial charge on any atom is 0.238 e. The van der Waals surface area contributed by atoms with Crippen LogP contribution >= 0.6 is 0 Å². The number of rotatable bonds is 2. The zero-order valence-electron chi connectivity index (χ0n) is 16.5. The minimum Gasteiger partial charge on any atom is -0.370 e. The maximum atomic E-state index is 14.9. The van der Waals surface area contributed by atoms with Crippen molar-refractivity contribution in [3.05, 3.63) is 59.9 Å². The van der Waals surface area contributed by atoms with Crippen molar-refractivity contribution in [3.8, 4) is 17.2 Å². The van der Waals surface area contributed by atoms with E-state index in [9.17, 15) is 4.39 Å². The first-order chi connectivity index (χ1) is 14.6. The van der Waals surface area contributed by atoms with Crippen molar-refractivity contribution in [1.29, 1.82) is 0 Å². The summed E-state index contributed by atoms with van der Waals surface area (Å²) in [7, 11) is 1.78. The molecule has 0 saturated carbocycles. The predicted octanol–water partition coefficient (Wildman–Crippen LogP) is 3.78. The van der Waals surface area contributed by atoms with Crippen LogP contribution < -0.4 is 5.32 Å². The van der Waals surface area contributed by atoms with E-state index in [1.807, 2.05) is 35.8 Å². The minimum atomic E-state index is -0.348.